The SMILES string of the molecule is c1ccc(C2c3ccccc3CC2c2cccc(-n3c4ccccc4c4cc(-c5ccc6c(c5)c5ccccc5n6-c5ccccc5)ccc43)c2)cc1. The summed E-state index contributed by atoms with van der Waals surface area (Å²) in [6, 6.07) is 71.7. The molecule has 0 spiro atoms. The molecule has 1 aliphatic rings. The zero-order valence-electron chi connectivity index (χ0n) is 29.2. The molecular formula is C51H36N2. The minimum absolute atomic E-state index is 0.336. The zero-order chi connectivity index (χ0) is 34.9. The van der Waals surface area contributed by atoms with Gasteiger partial charge in [0.05, 0.1) is 22.1 Å². The Kier molecular flexibility index (Phi) is 6.78. The molecule has 0 saturated heterocycles. The van der Waals surface area contributed by atoms with Crippen molar-refractivity contribution in [2.24, 2.45) is 0 Å². The topological polar surface area (TPSA) is 9.86 Å². The fraction of sp³-hybridized carbons (Fsp3) is 0.0588. The second-order valence-electron chi connectivity index (χ2n) is 14.5. The Labute approximate surface area is 308 Å². The van der Waals surface area contributed by atoms with Crippen molar-refractivity contribution in [1.29, 1.82) is 0 Å². The van der Waals surface area contributed by atoms with E-state index >= 15 is 0 Å². The van der Waals surface area contributed by atoms with Gasteiger partial charge in [-0.3, -0.25) is 0 Å². The number of hydrogen-bond donors (Lipinski definition) is 0. The first kappa shape index (κ1) is 30.0. The third-order valence-corrected chi connectivity index (χ3v) is 11.6. The van der Waals surface area contributed by atoms with Crippen LogP contribution in [0.1, 0.15) is 34.1 Å². The molecule has 0 fully saturated rings. The maximum Gasteiger partial charge on any atom is 0.0541 e. The van der Waals surface area contributed by atoms with E-state index in [1.165, 1.54) is 88.4 Å². The second kappa shape index (κ2) is 12.0. The average Bonchev–Trinajstić information content (AvgIpc) is 3.89. The van der Waals surface area contributed by atoms with Crippen LogP contribution in [0.25, 0.3) is 66.1 Å². The Balaban J connectivity index is 1.04. The summed E-state index contributed by atoms with van der Waals surface area (Å²) in [4.78, 5) is 0. The first-order valence-corrected chi connectivity index (χ1v) is 18.7. The van der Waals surface area contributed by atoms with Gasteiger partial charge in [0.1, 0.15) is 0 Å². The summed E-state index contributed by atoms with van der Waals surface area (Å²) in [6.45, 7) is 0. The minimum atomic E-state index is 0.336. The lowest BCUT2D eigenvalue weighted by molar-refractivity contribution is 0.656. The third kappa shape index (κ3) is 4.72. The van der Waals surface area contributed by atoms with E-state index in [0.717, 1.165) is 6.42 Å². The summed E-state index contributed by atoms with van der Waals surface area (Å²) in [5.41, 5.74) is 15.4. The van der Waals surface area contributed by atoms with E-state index in [9.17, 15) is 0 Å². The van der Waals surface area contributed by atoms with Crippen molar-refractivity contribution in [3.8, 4) is 22.5 Å². The Hall–Kier alpha value is -6.64. The second-order valence-corrected chi connectivity index (χ2v) is 14.5. The number of benzene rings is 8. The Bertz CT molecular complexity index is 2980. The van der Waals surface area contributed by atoms with Crippen molar-refractivity contribution in [2.45, 2.75) is 18.3 Å². The summed E-state index contributed by atoms with van der Waals surface area (Å²) in [5.74, 6) is 0.708. The smallest absolute Gasteiger partial charge is 0.0541 e. The van der Waals surface area contributed by atoms with Crippen LogP contribution in [0.15, 0.2) is 194 Å². The number of aromatic nitrogens is 2. The molecule has 8 aromatic carbocycles. The maximum absolute atomic E-state index is 2.47. The van der Waals surface area contributed by atoms with Crippen LogP contribution in [0.3, 0.4) is 0 Å². The zero-order valence-corrected chi connectivity index (χ0v) is 29.2. The normalized spacial score (nSPS) is 15.5. The molecule has 2 heteroatoms. The number of rotatable bonds is 5. The first-order valence-electron chi connectivity index (χ1n) is 18.7. The van der Waals surface area contributed by atoms with E-state index in [-0.39, 0.29) is 0 Å². The van der Waals surface area contributed by atoms with E-state index in [0.29, 0.717) is 11.8 Å². The third-order valence-electron chi connectivity index (χ3n) is 11.6. The monoisotopic (exact) mass is 676 g/mol. The number of hydrogen-bond acceptors (Lipinski definition) is 0. The van der Waals surface area contributed by atoms with Crippen molar-refractivity contribution in [3.63, 3.8) is 0 Å². The summed E-state index contributed by atoms with van der Waals surface area (Å²) < 4.78 is 4.85. The van der Waals surface area contributed by atoms with E-state index in [4.69, 9.17) is 0 Å². The van der Waals surface area contributed by atoms with Gasteiger partial charge in [0, 0.05) is 38.8 Å². The highest BCUT2D eigenvalue weighted by molar-refractivity contribution is 6.12. The Morgan fingerprint density at radius 2 is 0.868 bits per heavy atom. The molecule has 2 unspecified atom stereocenters. The van der Waals surface area contributed by atoms with Crippen LogP contribution in [0.2, 0.25) is 0 Å². The highest BCUT2D eigenvalue weighted by Gasteiger charge is 2.34. The molecule has 250 valence electrons. The van der Waals surface area contributed by atoms with E-state index in [1.54, 1.807) is 0 Å². The lowest BCUT2D eigenvalue weighted by Gasteiger charge is -2.22. The quantitative estimate of drug-likeness (QED) is 0.172. The van der Waals surface area contributed by atoms with Gasteiger partial charge in [-0.1, -0.05) is 133 Å². The molecule has 53 heavy (non-hydrogen) atoms. The van der Waals surface area contributed by atoms with Crippen molar-refractivity contribution in [1.82, 2.24) is 9.13 Å². The summed E-state index contributed by atoms with van der Waals surface area (Å²) in [6.07, 6.45) is 1.05. The molecule has 0 N–H and O–H groups in total. The van der Waals surface area contributed by atoms with Crippen LogP contribution < -0.4 is 0 Å². The van der Waals surface area contributed by atoms with Crippen molar-refractivity contribution in [2.75, 3.05) is 0 Å². The highest BCUT2D eigenvalue weighted by atomic mass is 15.0. The van der Waals surface area contributed by atoms with E-state index < -0.39 is 0 Å². The largest absolute Gasteiger partial charge is 0.309 e. The number of para-hydroxylation sites is 3. The van der Waals surface area contributed by atoms with Crippen LogP contribution in [-0.4, -0.2) is 9.13 Å². The van der Waals surface area contributed by atoms with Gasteiger partial charge in [-0.2, -0.15) is 0 Å². The fourth-order valence-electron chi connectivity index (χ4n) is 9.31. The van der Waals surface area contributed by atoms with Gasteiger partial charge < -0.3 is 9.13 Å². The predicted molar refractivity (Wildman–Crippen MR) is 222 cm³/mol. The molecule has 11 rings (SSSR count). The van der Waals surface area contributed by atoms with Gasteiger partial charge in [0.15, 0.2) is 0 Å². The van der Waals surface area contributed by atoms with Gasteiger partial charge >= 0.3 is 0 Å². The van der Waals surface area contributed by atoms with E-state index in [1.807, 2.05) is 0 Å². The molecule has 0 amide bonds. The van der Waals surface area contributed by atoms with Crippen molar-refractivity contribution in [3.05, 3.63) is 216 Å². The minimum Gasteiger partial charge on any atom is -0.309 e. The standard InChI is InChI=1S/C51H36N2/c1-3-14-34(15-4-1)51-41-21-8-7-16-38(41)33-44(51)37-17-13-20-40(30-37)53-48-25-12-10-23-43(48)46-32-36(27-29-50(46)53)35-26-28-49-45(31-35)42-22-9-11-24-47(42)52(49)39-18-5-2-6-19-39/h1-32,44,51H,33H2. The molecule has 2 aromatic heterocycles. The molecule has 0 saturated carbocycles. The summed E-state index contributed by atoms with van der Waals surface area (Å²) in [5, 5.41) is 5.08. The molecule has 1 aliphatic carbocycles. The Morgan fingerprint density at radius 3 is 1.55 bits per heavy atom. The van der Waals surface area contributed by atoms with Crippen LogP contribution in [0.4, 0.5) is 0 Å². The molecular weight excluding hydrogens is 641 g/mol. The Morgan fingerprint density at radius 1 is 0.358 bits per heavy atom. The number of nitrogens with zero attached hydrogens (tertiary/aromatic N) is 2. The van der Waals surface area contributed by atoms with Gasteiger partial charge in [-0.05, 0) is 106 Å². The lowest BCUT2D eigenvalue weighted by Crippen LogP contribution is -2.08. The van der Waals surface area contributed by atoms with Gasteiger partial charge in [-0.25, -0.2) is 0 Å². The van der Waals surface area contributed by atoms with Crippen LogP contribution in [0.5, 0.6) is 0 Å². The summed E-state index contributed by atoms with van der Waals surface area (Å²) >= 11 is 0. The van der Waals surface area contributed by atoms with Gasteiger partial charge in [0.25, 0.3) is 0 Å². The lowest BCUT2D eigenvalue weighted by atomic mass is 9.82. The maximum atomic E-state index is 2.47. The molecule has 2 nitrogen and oxygen atoms in total. The van der Waals surface area contributed by atoms with Gasteiger partial charge in [-0.15, -0.1) is 0 Å². The summed E-state index contributed by atoms with van der Waals surface area (Å²) in [7, 11) is 0. The first-order chi connectivity index (χ1) is 26.3. The molecule has 0 aliphatic heterocycles. The van der Waals surface area contributed by atoms with Crippen LogP contribution >= 0.6 is 0 Å². The fourth-order valence-corrected chi connectivity index (χ4v) is 9.31. The van der Waals surface area contributed by atoms with E-state index in [2.05, 4.69) is 203 Å². The van der Waals surface area contributed by atoms with Crippen LogP contribution in [0, 0.1) is 0 Å². The molecule has 0 radical (unpaired) electrons. The number of fused-ring (bicyclic) bond motifs is 7. The van der Waals surface area contributed by atoms with Crippen molar-refractivity contribution < 1.29 is 0 Å². The molecule has 10 aromatic rings. The highest BCUT2D eigenvalue weighted by Crippen LogP contribution is 2.48. The molecule has 2 atom stereocenters. The predicted octanol–water partition coefficient (Wildman–Crippen LogP) is 13.0. The molecule has 0 bridgehead atoms. The molecule has 2 heterocycles. The van der Waals surface area contributed by atoms with Crippen LogP contribution in [-0.2, 0) is 6.42 Å². The van der Waals surface area contributed by atoms with Crippen molar-refractivity contribution >= 4 is 43.6 Å². The average molecular weight is 677 g/mol. The van der Waals surface area contributed by atoms with Gasteiger partial charge in [0.2, 0.25) is 0 Å².